The van der Waals surface area contributed by atoms with Crippen LogP contribution in [0.25, 0.3) is 0 Å². The van der Waals surface area contributed by atoms with E-state index < -0.39 is 0 Å². The van der Waals surface area contributed by atoms with Crippen molar-refractivity contribution in [1.82, 2.24) is 10.8 Å². The molecule has 5 nitrogen and oxygen atoms in total. The Hall–Kier alpha value is -1.17. The van der Waals surface area contributed by atoms with Gasteiger partial charge in [0.2, 0.25) is 6.41 Å². The lowest BCUT2D eigenvalue weighted by atomic mass is 10.1. The van der Waals surface area contributed by atoms with Crippen LogP contribution in [0.1, 0.15) is 33.6 Å². The fraction of sp³-hybridized carbons (Fsp3) is 0.643. The van der Waals surface area contributed by atoms with E-state index >= 15 is 0 Å². The maximum absolute atomic E-state index is 8.58. The first-order valence-corrected chi connectivity index (χ1v) is 6.79. The molecule has 0 aromatic rings. The Balaban J connectivity index is 0. The maximum Gasteiger partial charge on any atom is 0.204 e. The summed E-state index contributed by atoms with van der Waals surface area (Å²) in [5.74, 6) is 0. The number of hydrogen-bond acceptors (Lipinski definition) is 4. The Labute approximate surface area is 117 Å². The number of hydroxylamine groups is 1. The van der Waals surface area contributed by atoms with Crippen molar-refractivity contribution < 1.29 is 9.63 Å². The van der Waals surface area contributed by atoms with Gasteiger partial charge in [-0.3, -0.25) is 9.63 Å². The van der Waals surface area contributed by atoms with Gasteiger partial charge in [-0.2, -0.15) is 5.48 Å². The summed E-state index contributed by atoms with van der Waals surface area (Å²) in [5, 5.41) is 3.32. The summed E-state index contributed by atoms with van der Waals surface area (Å²) < 4.78 is 0. The van der Waals surface area contributed by atoms with Crippen molar-refractivity contribution in [2.45, 2.75) is 39.7 Å². The third-order valence-electron chi connectivity index (χ3n) is 2.42. The van der Waals surface area contributed by atoms with Crippen LogP contribution in [-0.2, 0) is 9.63 Å². The van der Waals surface area contributed by atoms with Gasteiger partial charge in [-0.05, 0) is 31.9 Å². The number of rotatable bonds is 5. The molecule has 0 spiro atoms. The lowest BCUT2D eigenvalue weighted by Crippen LogP contribution is -2.43. The number of allylic oxidation sites excluding steroid dienone is 1. The first-order chi connectivity index (χ1) is 9.28. The smallest absolute Gasteiger partial charge is 0.204 e. The predicted molar refractivity (Wildman–Crippen MR) is 80.5 cm³/mol. The SMILES string of the molecule is C=C/C(=C\C)CONC1CCCNC1.CC.NC=O. The van der Waals surface area contributed by atoms with Crippen LogP contribution < -0.4 is 16.5 Å². The minimum absolute atomic E-state index is 0.250. The van der Waals surface area contributed by atoms with Gasteiger partial charge in [0.15, 0.2) is 0 Å². The molecule has 0 aromatic carbocycles. The van der Waals surface area contributed by atoms with Gasteiger partial charge in [0.05, 0.1) is 6.61 Å². The van der Waals surface area contributed by atoms with Crippen molar-refractivity contribution in [3.8, 4) is 0 Å². The average molecular weight is 271 g/mol. The fourth-order valence-corrected chi connectivity index (χ4v) is 1.46. The van der Waals surface area contributed by atoms with Crippen LogP contribution in [0.15, 0.2) is 24.3 Å². The second-order valence-corrected chi connectivity index (χ2v) is 3.65. The van der Waals surface area contributed by atoms with Gasteiger partial charge in [-0.1, -0.05) is 32.6 Å². The summed E-state index contributed by atoms with van der Waals surface area (Å²) in [7, 11) is 0. The molecule has 5 heteroatoms. The van der Waals surface area contributed by atoms with Crippen molar-refractivity contribution in [1.29, 1.82) is 0 Å². The van der Waals surface area contributed by atoms with Crippen LogP contribution in [0.2, 0.25) is 0 Å². The molecule has 1 atom stereocenters. The summed E-state index contributed by atoms with van der Waals surface area (Å²) >= 11 is 0. The van der Waals surface area contributed by atoms with Crippen molar-refractivity contribution in [2.24, 2.45) is 5.73 Å². The Morgan fingerprint density at radius 1 is 1.58 bits per heavy atom. The van der Waals surface area contributed by atoms with E-state index in [1.807, 2.05) is 32.9 Å². The summed E-state index contributed by atoms with van der Waals surface area (Å²) in [4.78, 5) is 14.0. The number of carbonyl (C=O) groups is 1. The maximum atomic E-state index is 8.58. The summed E-state index contributed by atoms with van der Waals surface area (Å²) in [5.41, 5.74) is 8.35. The van der Waals surface area contributed by atoms with E-state index in [1.54, 1.807) is 0 Å². The number of hydrogen-bond donors (Lipinski definition) is 3. The normalized spacial score (nSPS) is 18.3. The minimum atomic E-state index is 0.250. The Kier molecular flexibility index (Phi) is 17.9. The van der Waals surface area contributed by atoms with Gasteiger partial charge in [0.25, 0.3) is 0 Å². The summed E-state index contributed by atoms with van der Waals surface area (Å²) in [6.45, 7) is 12.4. The van der Waals surface area contributed by atoms with E-state index in [0.717, 1.165) is 18.7 Å². The van der Waals surface area contributed by atoms with Crippen molar-refractivity contribution in [3.05, 3.63) is 24.3 Å². The van der Waals surface area contributed by atoms with Gasteiger partial charge in [0, 0.05) is 12.6 Å². The summed E-state index contributed by atoms with van der Waals surface area (Å²) in [6.07, 6.45) is 6.49. The number of nitrogens with two attached hydrogens (primary N) is 1. The average Bonchev–Trinajstić information content (AvgIpc) is 2.48. The third kappa shape index (κ3) is 13.1. The number of carbonyl (C=O) groups excluding carboxylic acids is 1. The van der Waals surface area contributed by atoms with E-state index in [2.05, 4.69) is 23.1 Å². The highest BCUT2D eigenvalue weighted by molar-refractivity contribution is 5.42. The van der Waals surface area contributed by atoms with Crippen LogP contribution in [0.5, 0.6) is 0 Å². The zero-order chi connectivity index (χ0) is 14.9. The molecule has 0 bridgehead atoms. The minimum Gasteiger partial charge on any atom is -0.372 e. The molecule has 1 aliphatic rings. The highest BCUT2D eigenvalue weighted by atomic mass is 16.6. The fourth-order valence-electron chi connectivity index (χ4n) is 1.46. The highest BCUT2D eigenvalue weighted by Gasteiger charge is 2.11. The van der Waals surface area contributed by atoms with Crippen molar-refractivity contribution >= 4 is 6.41 Å². The van der Waals surface area contributed by atoms with Gasteiger partial charge in [-0.25, -0.2) is 0 Å². The molecule has 1 unspecified atom stereocenters. The molecule has 0 radical (unpaired) electrons. The molecule has 0 saturated carbocycles. The zero-order valence-electron chi connectivity index (χ0n) is 12.4. The predicted octanol–water partition coefficient (Wildman–Crippen LogP) is 1.52. The molecule has 1 saturated heterocycles. The van der Waals surface area contributed by atoms with Crippen LogP contribution in [0.3, 0.4) is 0 Å². The molecular formula is C14H29N3O2. The molecule has 1 aliphatic heterocycles. The topological polar surface area (TPSA) is 76.4 Å². The van der Waals surface area contributed by atoms with Gasteiger partial charge < -0.3 is 11.1 Å². The van der Waals surface area contributed by atoms with E-state index in [-0.39, 0.29) is 6.41 Å². The van der Waals surface area contributed by atoms with Gasteiger partial charge >= 0.3 is 0 Å². The van der Waals surface area contributed by atoms with Crippen LogP contribution >= 0.6 is 0 Å². The van der Waals surface area contributed by atoms with Crippen LogP contribution in [0, 0.1) is 0 Å². The van der Waals surface area contributed by atoms with Gasteiger partial charge in [0.1, 0.15) is 0 Å². The van der Waals surface area contributed by atoms with Gasteiger partial charge in [-0.15, -0.1) is 0 Å². The molecule has 0 aliphatic carbocycles. The molecule has 112 valence electrons. The van der Waals surface area contributed by atoms with E-state index in [0.29, 0.717) is 12.6 Å². The molecule has 0 aromatic heterocycles. The molecule has 4 N–H and O–H groups in total. The number of primary amides is 1. The zero-order valence-corrected chi connectivity index (χ0v) is 12.4. The van der Waals surface area contributed by atoms with Crippen molar-refractivity contribution in [2.75, 3.05) is 19.7 Å². The Bertz CT molecular complexity index is 237. The monoisotopic (exact) mass is 271 g/mol. The Morgan fingerprint density at radius 3 is 2.63 bits per heavy atom. The van der Waals surface area contributed by atoms with E-state index in [1.165, 1.54) is 12.8 Å². The molecule has 1 amide bonds. The highest BCUT2D eigenvalue weighted by Crippen LogP contribution is 2.02. The lowest BCUT2D eigenvalue weighted by molar-refractivity contribution is -0.106. The van der Waals surface area contributed by atoms with E-state index in [9.17, 15) is 0 Å². The number of amides is 1. The lowest BCUT2D eigenvalue weighted by Gasteiger charge is -2.23. The first-order valence-electron chi connectivity index (χ1n) is 6.79. The molecule has 19 heavy (non-hydrogen) atoms. The third-order valence-corrected chi connectivity index (χ3v) is 2.42. The second kappa shape index (κ2) is 16.8. The molecular weight excluding hydrogens is 242 g/mol. The quantitative estimate of drug-likeness (QED) is 0.402. The standard InChI is InChI=1S/C11H20N2O.C2H6.CH3NO/c1-3-10(4-2)9-14-13-11-6-5-7-12-8-11;1-2;2-1-3/h3-4,11-13H,1,5-9H2,2H3;1-2H3;1H,(H2,2,3)/b10-4+;;. The first kappa shape index (κ1) is 20.2. The number of nitrogens with one attached hydrogen (secondary N) is 2. The van der Waals surface area contributed by atoms with Crippen molar-refractivity contribution in [3.63, 3.8) is 0 Å². The molecule has 1 heterocycles. The molecule has 1 rings (SSSR count). The summed E-state index contributed by atoms with van der Waals surface area (Å²) in [6, 6.07) is 0.451. The van der Waals surface area contributed by atoms with Crippen LogP contribution in [0.4, 0.5) is 0 Å². The Morgan fingerprint density at radius 2 is 2.21 bits per heavy atom. The van der Waals surface area contributed by atoms with E-state index in [4.69, 9.17) is 9.63 Å². The number of piperidine rings is 1. The van der Waals surface area contributed by atoms with Crippen LogP contribution in [-0.4, -0.2) is 32.1 Å². The molecule has 1 fully saturated rings. The largest absolute Gasteiger partial charge is 0.372 e. The second-order valence-electron chi connectivity index (χ2n) is 3.65.